The van der Waals surface area contributed by atoms with Crippen molar-refractivity contribution in [2.45, 2.75) is 25.8 Å². The maximum absolute atomic E-state index is 12.8. The van der Waals surface area contributed by atoms with Gasteiger partial charge in [0.25, 0.3) is 5.91 Å². The third kappa shape index (κ3) is 3.20. The molecule has 1 aromatic heterocycles. The van der Waals surface area contributed by atoms with Gasteiger partial charge in [-0.15, -0.1) is 5.10 Å². The summed E-state index contributed by atoms with van der Waals surface area (Å²) >= 11 is 6.30. The lowest BCUT2D eigenvalue weighted by molar-refractivity contribution is 0.0489. The average molecular weight is 336 g/mol. The predicted molar refractivity (Wildman–Crippen MR) is 84.5 cm³/mol. The van der Waals surface area contributed by atoms with Gasteiger partial charge in [0.15, 0.2) is 0 Å². The third-order valence-electron chi connectivity index (χ3n) is 4.30. The molecule has 2 heterocycles. The number of rotatable bonds is 3. The number of aliphatic hydroxyl groups excluding tert-OH is 1. The molecular weight excluding hydrogens is 318 g/mol. The molecule has 0 spiro atoms. The molecule has 3 rings (SSSR count). The zero-order chi connectivity index (χ0) is 16.4. The van der Waals surface area contributed by atoms with E-state index in [0.29, 0.717) is 22.8 Å². The minimum atomic E-state index is -0.107. The molecule has 1 aromatic carbocycles. The maximum Gasteiger partial charge on any atom is 0.255 e. The lowest BCUT2D eigenvalue weighted by Crippen LogP contribution is -2.46. The van der Waals surface area contributed by atoms with E-state index in [2.05, 4.69) is 15.5 Å². The van der Waals surface area contributed by atoms with Crippen LogP contribution in [0, 0.1) is 5.92 Å². The van der Waals surface area contributed by atoms with E-state index in [1.54, 1.807) is 23.1 Å². The van der Waals surface area contributed by atoms with Crippen LogP contribution in [0.15, 0.2) is 24.5 Å². The van der Waals surface area contributed by atoms with E-state index in [-0.39, 0.29) is 24.5 Å². The molecule has 8 heteroatoms. The Hall–Kier alpha value is -1.99. The molecule has 1 amide bonds. The van der Waals surface area contributed by atoms with E-state index in [1.165, 1.54) is 11.0 Å². The highest BCUT2D eigenvalue weighted by Crippen LogP contribution is 2.27. The maximum atomic E-state index is 12.8. The summed E-state index contributed by atoms with van der Waals surface area (Å²) < 4.78 is 1.48. The largest absolute Gasteiger partial charge is 0.396 e. The minimum Gasteiger partial charge on any atom is -0.396 e. The van der Waals surface area contributed by atoms with Crippen LogP contribution in [-0.2, 0) is 0 Å². The summed E-state index contributed by atoms with van der Waals surface area (Å²) in [5, 5.41) is 20.7. The third-order valence-corrected chi connectivity index (χ3v) is 4.61. The van der Waals surface area contributed by atoms with E-state index in [0.717, 1.165) is 12.8 Å². The zero-order valence-electron chi connectivity index (χ0n) is 12.8. The number of benzene rings is 1. The number of piperidine rings is 1. The van der Waals surface area contributed by atoms with Gasteiger partial charge in [0.05, 0.1) is 16.3 Å². The number of amides is 1. The van der Waals surface area contributed by atoms with Gasteiger partial charge < -0.3 is 10.0 Å². The van der Waals surface area contributed by atoms with Crippen LogP contribution in [0.4, 0.5) is 0 Å². The molecule has 0 saturated carbocycles. The number of halogens is 1. The number of carbonyl (C=O) groups excluding carboxylic acids is 1. The highest BCUT2D eigenvalue weighted by Gasteiger charge is 2.30. The monoisotopic (exact) mass is 335 g/mol. The van der Waals surface area contributed by atoms with Gasteiger partial charge in [0.1, 0.15) is 6.33 Å². The molecular formula is C15H18ClN5O2. The number of nitrogens with zero attached hydrogens (tertiary/aromatic N) is 5. The first kappa shape index (κ1) is 15.9. The fraction of sp³-hybridized carbons (Fsp3) is 0.467. The van der Waals surface area contributed by atoms with Crippen molar-refractivity contribution >= 4 is 17.5 Å². The smallest absolute Gasteiger partial charge is 0.255 e. The van der Waals surface area contributed by atoms with E-state index in [4.69, 9.17) is 11.6 Å². The van der Waals surface area contributed by atoms with Crippen LogP contribution >= 0.6 is 11.6 Å². The summed E-state index contributed by atoms with van der Waals surface area (Å²) in [5.74, 6) is 0.0262. The second-order valence-electron chi connectivity index (χ2n) is 5.85. The fourth-order valence-corrected chi connectivity index (χ4v) is 3.12. The van der Waals surface area contributed by atoms with E-state index >= 15 is 0 Å². The van der Waals surface area contributed by atoms with E-state index in [9.17, 15) is 9.90 Å². The molecule has 1 N–H and O–H groups in total. The number of aliphatic hydroxyl groups is 1. The van der Waals surface area contributed by atoms with Crippen molar-refractivity contribution in [3.8, 4) is 5.69 Å². The van der Waals surface area contributed by atoms with Crippen LogP contribution in [0.2, 0.25) is 5.02 Å². The summed E-state index contributed by atoms with van der Waals surface area (Å²) in [7, 11) is 0. The van der Waals surface area contributed by atoms with Crippen LogP contribution in [0.25, 0.3) is 5.69 Å². The van der Waals surface area contributed by atoms with Crippen molar-refractivity contribution in [3.05, 3.63) is 35.1 Å². The van der Waals surface area contributed by atoms with Gasteiger partial charge in [-0.1, -0.05) is 11.6 Å². The number of aromatic nitrogens is 4. The quantitative estimate of drug-likeness (QED) is 0.920. The summed E-state index contributed by atoms with van der Waals surface area (Å²) in [4.78, 5) is 14.6. The number of tetrazole rings is 1. The van der Waals surface area contributed by atoms with Gasteiger partial charge in [0, 0.05) is 19.2 Å². The highest BCUT2D eigenvalue weighted by molar-refractivity contribution is 6.34. The lowest BCUT2D eigenvalue weighted by Gasteiger charge is -2.37. The van der Waals surface area contributed by atoms with E-state index < -0.39 is 0 Å². The van der Waals surface area contributed by atoms with Gasteiger partial charge >= 0.3 is 0 Å². The molecule has 23 heavy (non-hydrogen) atoms. The van der Waals surface area contributed by atoms with Crippen LogP contribution < -0.4 is 0 Å². The molecule has 1 saturated heterocycles. The molecule has 1 aliphatic heterocycles. The molecule has 1 fully saturated rings. The first-order valence-corrected chi connectivity index (χ1v) is 7.92. The first-order chi connectivity index (χ1) is 11.1. The Kier molecular flexibility index (Phi) is 4.58. The highest BCUT2D eigenvalue weighted by atomic mass is 35.5. The van der Waals surface area contributed by atoms with Gasteiger partial charge in [-0.25, -0.2) is 4.68 Å². The van der Waals surface area contributed by atoms with Crippen molar-refractivity contribution in [1.29, 1.82) is 0 Å². The van der Waals surface area contributed by atoms with Crippen molar-refractivity contribution < 1.29 is 9.90 Å². The van der Waals surface area contributed by atoms with Crippen molar-refractivity contribution in [1.82, 2.24) is 25.1 Å². The van der Waals surface area contributed by atoms with Gasteiger partial charge in [0.2, 0.25) is 0 Å². The lowest BCUT2D eigenvalue weighted by atomic mass is 9.93. The Morgan fingerprint density at radius 1 is 1.43 bits per heavy atom. The van der Waals surface area contributed by atoms with Crippen LogP contribution in [0.3, 0.4) is 0 Å². The minimum absolute atomic E-state index is 0.0997. The fourth-order valence-electron chi connectivity index (χ4n) is 2.87. The van der Waals surface area contributed by atoms with E-state index in [1.807, 2.05) is 6.92 Å². The number of hydrogen-bond acceptors (Lipinski definition) is 5. The molecule has 2 atom stereocenters. The Morgan fingerprint density at radius 3 is 2.91 bits per heavy atom. The first-order valence-electron chi connectivity index (χ1n) is 7.55. The number of carbonyl (C=O) groups is 1. The Balaban J connectivity index is 1.84. The normalized spacial score (nSPS) is 21.4. The molecule has 1 aliphatic rings. The van der Waals surface area contributed by atoms with Crippen LogP contribution in [0.1, 0.15) is 30.1 Å². The standard InChI is InChI=1S/C15H18ClN5O2/c1-10-2-3-11(8-22)7-20(10)15(23)13-5-4-12(6-14(13)16)21-9-17-18-19-21/h4-6,9-11,22H,2-3,7-8H2,1H3. The summed E-state index contributed by atoms with van der Waals surface area (Å²) in [6.45, 7) is 2.68. The molecule has 0 bridgehead atoms. The van der Waals surface area contributed by atoms with Gasteiger partial charge in [-0.3, -0.25) is 4.79 Å². The van der Waals surface area contributed by atoms with Crippen LogP contribution in [0.5, 0.6) is 0 Å². The van der Waals surface area contributed by atoms with Crippen molar-refractivity contribution in [2.75, 3.05) is 13.2 Å². The molecule has 2 unspecified atom stereocenters. The zero-order valence-corrected chi connectivity index (χ0v) is 13.5. The second kappa shape index (κ2) is 6.64. The number of likely N-dealkylation sites (tertiary alicyclic amines) is 1. The molecule has 2 aromatic rings. The Bertz CT molecular complexity index is 691. The SMILES string of the molecule is CC1CCC(CO)CN1C(=O)c1ccc(-n2cnnn2)cc1Cl. The summed E-state index contributed by atoms with van der Waals surface area (Å²) in [5.41, 5.74) is 1.14. The average Bonchev–Trinajstić information content (AvgIpc) is 3.09. The van der Waals surface area contributed by atoms with Gasteiger partial charge in [-0.05, 0) is 54.3 Å². The Labute approximate surface area is 138 Å². The topological polar surface area (TPSA) is 84.1 Å². The van der Waals surface area contributed by atoms with Gasteiger partial charge in [-0.2, -0.15) is 0 Å². The molecule has 7 nitrogen and oxygen atoms in total. The number of hydrogen-bond donors (Lipinski definition) is 1. The predicted octanol–water partition coefficient (Wildman–Crippen LogP) is 1.55. The summed E-state index contributed by atoms with van der Waals surface area (Å²) in [6, 6.07) is 5.26. The van der Waals surface area contributed by atoms with Crippen molar-refractivity contribution in [2.24, 2.45) is 5.92 Å². The molecule has 0 radical (unpaired) electrons. The molecule has 0 aliphatic carbocycles. The Morgan fingerprint density at radius 2 is 2.26 bits per heavy atom. The van der Waals surface area contributed by atoms with Crippen LogP contribution in [-0.4, -0.2) is 55.3 Å². The van der Waals surface area contributed by atoms with Crippen molar-refractivity contribution in [3.63, 3.8) is 0 Å². The summed E-state index contributed by atoms with van der Waals surface area (Å²) in [6.07, 6.45) is 3.29. The second-order valence-corrected chi connectivity index (χ2v) is 6.26. The molecule has 122 valence electrons.